The Morgan fingerprint density at radius 3 is 2.28 bits per heavy atom. The molecule has 0 unspecified atom stereocenters. The quantitative estimate of drug-likeness (QED) is 0.271. The molecule has 0 bridgehead atoms. The van der Waals surface area contributed by atoms with Crippen LogP contribution in [-0.2, 0) is 0 Å². The summed E-state index contributed by atoms with van der Waals surface area (Å²) in [5, 5.41) is 3.67. The molecule has 5 aromatic rings. The van der Waals surface area contributed by atoms with E-state index in [9.17, 15) is 4.79 Å². The third kappa shape index (κ3) is 4.36. The maximum absolute atomic E-state index is 13.2. The van der Waals surface area contributed by atoms with Crippen LogP contribution in [0.25, 0.3) is 32.6 Å². The van der Waals surface area contributed by atoms with Crippen molar-refractivity contribution >= 4 is 38.8 Å². The number of fused-ring (bicyclic) bond motifs is 1. The zero-order chi connectivity index (χ0) is 25.2. The van der Waals surface area contributed by atoms with Gasteiger partial charge in [-0.3, -0.25) is 4.79 Å². The molecule has 0 saturated carbocycles. The van der Waals surface area contributed by atoms with E-state index in [0.717, 1.165) is 27.8 Å². The van der Waals surface area contributed by atoms with Crippen LogP contribution in [0, 0.1) is 6.92 Å². The van der Waals surface area contributed by atoms with E-state index in [0.29, 0.717) is 32.6 Å². The largest absolute Gasteiger partial charge is 0.493 e. The molecule has 0 atom stereocenters. The minimum absolute atomic E-state index is 0.267. The Morgan fingerprint density at radius 2 is 1.58 bits per heavy atom. The topological polar surface area (TPSA) is 86.5 Å². The first-order chi connectivity index (χ1) is 17.5. The first kappa shape index (κ1) is 23.4. The average molecular weight is 496 g/mol. The molecule has 0 radical (unpaired) electrons. The van der Waals surface area contributed by atoms with Crippen molar-refractivity contribution < 1.29 is 14.3 Å². The number of nitrogens with two attached hydrogens (primary N) is 1. The molecule has 5 rings (SSSR count). The number of carbonyl (C=O) groups excluding carboxylic acids is 1. The average Bonchev–Trinajstić information content (AvgIpc) is 3.25. The number of hydrogen-bond donors (Lipinski definition) is 2. The van der Waals surface area contributed by atoms with E-state index in [2.05, 4.69) is 17.4 Å². The van der Waals surface area contributed by atoms with E-state index in [1.807, 2.05) is 73.7 Å². The molecular weight excluding hydrogens is 470 g/mol. The summed E-state index contributed by atoms with van der Waals surface area (Å²) in [5.74, 6) is 0.969. The van der Waals surface area contributed by atoms with Gasteiger partial charge in [0.15, 0.2) is 11.5 Å². The zero-order valence-electron chi connectivity index (χ0n) is 20.2. The molecule has 0 spiro atoms. The van der Waals surface area contributed by atoms with E-state index in [1.165, 1.54) is 16.9 Å². The summed E-state index contributed by atoms with van der Waals surface area (Å²) < 4.78 is 11.0. The minimum atomic E-state index is -0.267. The molecule has 3 aromatic carbocycles. The van der Waals surface area contributed by atoms with Crippen molar-refractivity contribution in [2.24, 2.45) is 0 Å². The number of nitrogens with zero attached hydrogens (tertiary/aromatic N) is 1. The number of hydrogen-bond acceptors (Lipinski definition) is 6. The number of para-hydroxylation sites is 1. The number of thiophene rings is 1. The van der Waals surface area contributed by atoms with Gasteiger partial charge >= 0.3 is 0 Å². The van der Waals surface area contributed by atoms with Crippen molar-refractivity contribution in [2.75, 3.05) is 25.3 Å². The number of benzene rings is 3. The van der Waals surface area contributed by atoms with Crippen molar-refractivity contribution in [3.05, 3.63) is 89.3 Å². The molecule has 0 fully saturated rings. The molecule has 3 N–H and O–H groups in total. The number of aromatic nitrogens is 1. The Kier molecular flexibility index (Phi) is 6.31. The lowest BCUT2D eigenvalue weighted by Gasteiger charge is -2.12. The number of rotatable bonds is 6. The first-order valence-electron chi connectivity index (χ1n) is 11.4. The van der Waals surface area contributed by atoms with Gasteiger partial charge in [0.2, 0.25) is 0 Å². The number of nitrogen functional groups attached to an aromatic ring is 1. The molecule has 6 nitrogen and oxygen atoms in total. The smallest absolute Gasteiger partial charge is 0.267 e. The summed E-state index contributed by atoms with van der Waals surface area (Å²) in [4.78, 5) is 19.2. The predicted octanol–water partition coefficient (Wildman–Crippen LogP) is 6.79. The van der Waals surface area contributed by atoms with Crippen molar-refractivity contribution in [3.63, 3.8) is 0 Å². The normalized spacial score (nSPS) is 10.9. The highest BCUT2D eigenvalue weighted by atomic mass is 32.1. The van der Waals surface area contributed by atoms with Crippen LogP contribution in [0.2, 0.25) is 0 Å². The molecule has 0 saturated heterocycles. The van der Waals surface area contributed by atoms with Crippen molar-refractivity contribution in [3.8, 4) is 33.9 Å². The number of methoxy groups -OCH3 is 2. The molecule has 0 aliphatic carbocycles. The van der Waals surface area contributed by atoms with E-state index >= 15 is 0 Å². The van der Waals surface area contributed by atoms with Crippen LogP contribution in [0.15, 0.2) is 78.9 Å². The lowest BCUT2D eigenvalue weighted by Crippen LogP contribution is -2.11. The van der Waals surface area contributed by atoms with Crippen LogP contribution in [0.5, 0.6) is 11.5 Å². The van der Waals surface area contributed by atoms with Gasteiger partial charge in [-0.2, -0.15) is 0 Å². The fourth-order valence-corrected chi connectivity index (χ4v) is 5.12. The third-order valence-corrected chi connectivity index (χ3v) is 7.08. The van der Waals surface area contributed by atoms with Gasteiger partial charge in [-0.15, -0.1) is 11.3 Å². The van der Waals surface area contributed by atoms with Gasteiger partial charge in [0.1, 0.15) is 9.71 Å². The van der Waals surface area contributed by atoms with Crippen LogP contribution in [0.1, 0.15) is 15.2 Å². The number of carbonyl (C=O) groups is 1. The van der Waals surface area contributed by atoms with Gasteiger partial charge in [-0.1, -0.05) is 54.1 Å². The van der Waals surface area contributed by atoms with Crippen molar-refractivity contribution in [2.45, 2.75) is 6.92 Å². The van der Waals surface area contributed by atoms with Gasteiger partial charge in [-0.25, -0.2) is 4.98 Å². The van der Waals surface area contributed by atoms with Crippen LogP contribution in [-0.4, -0.2) is 25.1 Å². The molecule has 7 heteroatoms. The highest BCUT2D eigenvalue weighted by Gasteiger charge is 2.22. The highest BCUT2D eigenvalue weighted by molar-refractivity contribution is 7.21. The van der Waals surface area contributed by atoms with E-state index in [4.69, 9.17) is 20.2 Å². The minimum Gasteiger partial charge on any atom is -0.493 e. The van der Waals surface area contributed by atoms with E-state index in [1.54, 1.807) is 14.2 Å². The van der Waals surface area contributed by atoms with Crippen molar-refractivity contribution in [1.82, 2.24) is 4.98 Å². The molecule has 36 heavy (non-hydrogen) atoms. The van der Waals surface area contributed by atoms with Gasteiger partial charge in [0.05, 0.1) is 25.6 Å². The molecule has 180 valence electrons. The number of ether oxygens (including phenoxy) is 2. The fraction of sp³-hybridized carbons (Fsp3) is 0.103. The molecule has 0 aliphatic heterocycles. The van der Waals surface area contributed by atoms with Gasteiger partial charge in [0, 0.05) is 16.6 Å². The Hall–Kier alpha value is -4.36. The fourth-order valence-electron chi connectivity index (χ4n) is 4.10. The monoisotopic (exact) mass is 495 g/mol. The SMILES string of the molecule is COc1ccc(-c2cc(-c3ccc(C)cc3)nc3sc(C(=O)Nc4ccccc4)c(N)c23)cc1OC. The summed E-state index contributed by atoms with van der Waals surface area (Å²) in [6.45, 7) is 2.05. The summed E-state index contributed by atoms with van der Waals surface area (Å²) in [7, 11) is 3.21. The summed E-state index contributed by atoms with van der Waals surface area (Å²) >= 11 is 1.29. The molecule has 2 heterocycles. The molecular formula is C29H25N3O3S. The molecule has 1 amide bonds. The number of pyridine rings is 1. The second-order valence-corrected chi connectivity index (χ2v) is 9.34. The Labute approximate surface area is 213 Å². The van der Waals surface area contributed by atoms with Gasteiger partial charge < -0.3 is 20.5 Å². The lowest BCUT2D eigenvalue weighted by atomic mass is 9.98. The Bertz CT molecular complexity index is 1560. The molecule has 2 aromatic heterocycles. The Morgan fingerprint density at radius 1 is 0.889 bits per heavy atom. The van der Waals surface area contributed by atoms with E-state index in [-0.39, 0.29) is 5.91 Å². The maximum atomic E-state index is 13.2. The number of aryl methyl sites for hydroxylation is 1. The second kappa shape index (κ2) is 9.71. The highest BCUT2D eigenvalue weighted by Crippen LogP contribution is 2.43. The zero-order valence-corrected chi connectivity index (χ0v) is 21.0. The summed E-state index contributed by atoms with van der Waals surface area (Å²) in [6.07, 6.45) is 0. The second-order valence-electron chi connectivity index (χ2n) is 8.34. The lowest BCUT2D eigenvalue weighted by molar-refractivity contribution is 0.103. The number of anilines is 2. The van der Waals surface area contributed by atoms with Crippen molar-refractivity contribution in [1.29, 1.82) is 0 Å². The predicted molar refractivity (Wildman–Crippen MR) is 147 cm³/mol. The van der Waals surface area contributed by atoms with E-state index < -0.39 is 0 Å². The third-order valence-electron chi connectivity index (χ3n) is 5.98. The van der Waals surface area contributed by atoms with Gasteiger partial charge in [-0.05, 0) is 48.4 Å². The Balaban J connectivity index is 1.70. The van der Waals surface area contributed by atoms with Gasteiger partial charge in [0.25, 0.3) is 5.91 Å². The maximum Gasteiger partial charge on any atom is 0.267 e. The van der Waals surface area contributed by atoms with Crippen LogP contribution >= 0.6 is 11.3 Å². The van der Waals surface area contributed by atoms with Crippen LogP contribution in [0.3, 0.4) is 0 Å². The number of amides is 1. The molecule has 0 aliphatic rings. The first-order valence-corrected chi connectivity index (χ1v) is 12.2. The van der Waals surface area contributed by atoms with Crippen LogP contribution in [0.4, 0.5) is 11.4 Å². The summed E-state index contributed by atoms with van der Waals surface area (Å²) in [5.41, 5.74) is 12.4. The summed E-state index contributed by atoms with van der Waals surface area (Å²) in [6, 6.07) is 25.2. The standard InChI is InChI=1S/C29H25N3O3S/c1-17-9-11-18(12-10-17)22-16-21(19-13-14-23(34-2)24(15-19)35-3)25-26(30)27(36-29(25)32-22)28(33)31-20-7-5-4-6-8-20/h4-16H,30H2,1-3H3,(H,31,33). The van der Waals surface area contributed by atoms with Crippen LogP contribution < -0.4 is 20.5 Å². The number of nitrogens with one attached hydrogen (secondary N) is 1.